The van der Waals surface area contributed by atoms with Crippen LogP contribution in [0.3, 0.4) is 0 Å². The lowest BCUT2D eigenvalue weighted by molar-refractivity contribution is -0.141. The first-order valence-corrected chi connectivity index (χ1v) is 7.42. The average Bonchev–Trinajstić information content (AvgIpc) is 2.97. The fourth-order valence-electron chi connectivity index (χ4n) is 2.40. The van der Waals surface area contributed by atoms with Gasteiger partial charge in [-0.25, -0.2) is 9.48 Å². The highest BCUT2D eigenvalue weighted by molar-refractivity contribution is 5.73. The molecule has 0 aliphatic heterocycles. The quantitative estimate of drug-likeness (QED) is 0.754. The number of hydrogen-bond acceptors (Lipinski definition) is 3. The molecular formula is C16H21N3O2. The smallest absolute Gasteiger partial charge is 0.328 e. The van der Waals surface area contributed by atoms with E-state index in [1.54, 1.807) is 6.20 Å². The molecule has 2 rings (SSSR count). The lowest BCUT2D eigenvalue weighted by Crippen LogP contribution is -2.21. The zero-order valence-corrected chi connectivity index (χ0v) is 12.3. The minimum absolute atomic E-state index is 0.582. The summed E-state index contributed by atoms with van der Waals surface area (Å²) in [5.74, 6) is -0.853. The van der Waals surface area contributed by atoms with Crippen LogP contribution >= 0.6 is 0 Å². The van der Waals surface area contributed by atoms with Crippen LogP contribution in [0.25, 0.3) is 11.3 Å². The second kappa shape index (κ2) is 7.57. The number of carbonyl (C=O) groups is 1. The maximum absolute atomic E-state index is 11.6. The third-order valence-corrected chi connectivity index (χ3v) is 3.56. The van der Waals surface area contributed by atoms with Gasteiger partial charge in [0.05, 0.1) is 11.9 Å². The van der Waals surface area contributed by atoms with E-state index in [0.29, 0.717) is 6.42 Å². The minimum atomic E-state index is -0.853. The second-order valence-corrected chi connectivity index (χ2v) is 5.13. The van der Waals surface area contributed by atoms with E-state index in [9.17, 15) is 9.90 Å². The normalized spacial score (nSPS) is 12.2. The molecule has 0 saturated heterocycles. The molecule has 1 heterocycles. The minimum Gasteiger partial charge on any atom is -0.480 e. The second-order valence-electron chi connectivity index (χ2n) is 5.13. The molecule has 5 heteroatoms. The molecule has 21 heavy (non-hydrogen) atoms. The van der Waals surface area contributed by atoms with E-state index in [1.807, 2.05) is 30.3 Å². The van der Waals surface area contributed by atoms with Gasteiger partial charge in [-0.3, -0.25) is 0 Å². The molecule has 0 fully saturated rings. The van der Waals surface area contributed by atoms with Crippen LogP contribution in [0.1, 0.15) is 45.1 Å². The highest BCUT2D eigenvalue weighted by Crippen LogP contribution is 2.24. The molecule has 0 aliphatic rings. The van der Waals surface area contributed by atoms with E-state index in [2.05, 4.69) is 17.2 Å². The molecule has 1 aromatic carbocycles. The summed E-state index contributed by atoms with van der Waals surface area (Å²) >= 11 is 0. The van der Waals surface area contributed by atoms with Crippen molar-refractivity contribution in [1.82, 2.24) is 15.0 Å². The summed E-state index contributed by atoms with van der Waals surface area (Å²) in [4.78, 5) is 11.6. The van der Waals surface area contributed by atoms with Crippen molar-refractivity contribution in [2.24, 2.45) is 0 Å². The van der Waals surface area contributed by atoms with Crippen LogP contribution in [-0.2, 0) is 4.79 Å². The first-order chi connectivity index (χ1) is 10.2. The summed E-state index contributed by atoms with van der Waals surface area (Å²) in [7, 11) is 0. The Bertz CT molecular complexity index is 566. The first kappa shape index (κ1) is 15.2. The molecule has 0 saturated carbocycles. The molecule has 0 aliphatic carbocycles. The summed E-state index contributed by atoms with van der Waals surface area (Å²) in [6.07, 6.45) is 6.41. The van der Waals surface area contributed by atoms with Crippen molar-refractivity contribution in [2.75, 3.05) is 0 Å². The van der Waals surface area contributed by atoms with Gasteiger partial charge in [0.2, 0.25) is 0 Å². The lowest BCUT2D eigenvalue weighted by Gasteiger charge is -2.15. The van der Waals surface area contributed by atoms with Crippen molar-refractivity contribution in [3.05, 3.63) is 36.5 Å². The fraction of sp³-hybridized carbons (Fsp3) is 0.438. The maximum Gasteiger partial charge on any atom is 0.328 e. The molecule has 2 aromatic rings. The van der Waals surface area contributed by atoms with Gasteiger partial charge in [0.15, 0.2) is 6.04 Å². The lowest BCUT2D eigenvalue weighted by atomic mass is 10.1. The van der Waals surface area contributed by atoms with Gasteiger partial charge in [0, 0.05) is 5.56 Å². The Hall–Kier alpha value is -2.17. The number of carboxylic acids is 1. The summed E-state index contributed by atoms with van der Waals surface area (Å²) in [5, 5.41) is 17.4. The monoisotopic (exact) mass is 287 g/mol. The van der Waals surface area contributed by atoms with Gasteiger partial charge in [-0.2, -0.15) is 0 Å². The topological polar surface area (TPSA) is 68.0 Å². The Balaban J connectivity index is 2.18. The molecule has 0 bridgehead atoms. The number of unbranched alkanes of at least 4 members (excludes halogenated alkanes) is 3. The van der Waals surface area contributed by atoms with Crippen molar-refractivity contribution in [2.45, 2.75) is 45.1 Å². The summed E-state index contributed by atoms with van der Waals surface area (Å²) in [5.41, 5.74) is 1.68. The van der Waals surface area contributed by atoms with E-state index < -0.39 is 12.0 Å². The number of benzene rings is 1. The fourth-order valence-corrected chi connectivity index (χ4v) is 2.40. The molecule has 1 N–H and O–H groups in total. The Morgan fingerprint density at radius 1 is 1.24 bits per heavy atom. The molecule has 1 aromatic heterocycles. The van der Waals surface area contributed by atoms with Crippen molar-refractivity contribution >= 4 is 5.97 Å². The van der Waals surface area contributed by atoms with Gasteiger partial charge in [-0.05, 0) is 6.42 Å². The van der Waals surface area contributed by atoms with Gasteiger partial charge < -0.3 is 5.11 Å². The van der Waals surface area contributed by atoms with E-state index >= 15 is 0 Å². The van der Waals surface area contributed by atoms with E-state index in [-0.39, 0.29) is 0 Å². The van der Waals surface area contributed by atoms with Crippen molar-refractivity contribution in [3.8, 4) is 11.3 Å². The van der Waals surface area contributed by atoms with Crippen LogP contribution in [0.15, 0.2) is 36.5 Å². The van der Waals surface area contributed by atoms with Crippen LogP contribution in [-0.4, -0.2) is 26.1 Å². The van der Waals surface area contributed by atoms with E-state index in [1.165, 1.54) is 4.68 Å². The molecule has 5 nitrogen and oxygen atoms in total. The summed E-state index contributed by atoms with van der Waals surface area (Å²) in [6.45, 7) is 2.14. The predicted octanol–water partition coefficient (Wildman–Crippen LogP) is 3.54. The van der Waals surface area contributed by atoms with E-state index in [4.69, 9.17) is 0 Å². The Morgan fingerprint density at radius 2 is 2.00 bits per heavy atom. The van der Waals surface area contributed by atoms with Gasteiger partial charge in [0.25, 0.3) is 0 Å². The highest BCUT2D eigenvalue weighted by atomic mass is 16.4. The maximum atomic E-state index is 11.6. The van der Waals surface area contributed by atoms with E-state index in [0.717, 1.165) is 36.9 Å². The SMILES string of the molecule is CCCCCCC(C(=O)O)n1nncc1-c1ccccc1. The third-order valence-electron chi connectivity index (χ3n) is 3.56. The molecule has 112 valence electrons. The average molecular weight is 287 g/mol. The van der Waals surface area contributed by atoms with Gasteiger partial charge >= 0.3 is 5.97 Å². The molecule has 0 amide bonds. The number of aromatic nitrogens is 3. The zero-order valence-electron chi connectivity index (χ0n) is 12.3. The van der Waals surface area contributed by atoms with Crippen LogP contribution in [0.5, 0.6) is 0 Å². The zero-order chi connectivity index (χ0) is 15.1. The van der Waals surface area contributed by atoms with Crippen LogP contribution < -0.4 is 0 Å². The molecule has 1 unspecified atom stereocenters. The Labute approximate surface area is 124 Å². The first-order valence-electron chi connectivity index (χ1n) is 7.42. The number of carboxylic acid groups (broad SMARTS) is 1. The van der Waals surface area contributed by atoms with Gasteiger partial charge in [-0.15, -0.1) is 5.10 Å². The summed E-state index contributed by atoms with van der Waals surface area (Å²) < 4.78 is 1.53. The largest absolute Gasteiger partial charge is 0.480 e. The van der Waals surface area contributed by atoms with Gasteiger partial charge in [0.1, 0.15) is 0 Å². The van der Waals surface area contributed by atoms with Crippen molar-refractivity contribution in [3.63, 3.8) is 0 Å². The summed E-state index contributed by atoms with van der Waals surface area (Å²) in [6, 6.07) is 8.99. The number of rotatable bonds is 8. The van der Waals surface area contributed by atoms with Crippen LogP contribution in [0, 0.1) is 0 Å². The van der Waals surface area contributed by atoms with Crippen molar-refractivity contribution in [1.29, 1.82) is 0 Å². The number of hydrogen-bond donors (Lipinski definition) is 1. The number of aliphatic carboxylic acids is 1. The number of nitrogens with zero attached hydrogens (tertiary/aromatic N) is 3. The Morgan fingerprint density at radius 3 is 2.67 bits per heavy atom. The van der Waals surface area contributed by atoms with Crippen molar-refractivity contribution < 1.29 is 9.90 Å². The predicted molar refractivity (Wildman–Crippen MR) is 80.9 cm³/mol. The van der Waals surface area contributed by atoms with Gasteiger partial charge in [-0.1, -0.05) is 68.2 Å². The molecule has 0 radical (unpaired) electrons. The third kappa shape index (κ3) is 3.90. The molecule has 0 spiro atoms. The Kier molecular flexibility index (Phi) is 5.49. The highest BCUT2D eigenvalue weighted by Gasteiger charge is 2.23. The standard InChI is InChI=1S/C16H21N3O2/c1-2-3-4-8-11-14(16(20)21)19-15(12-17-18-19)13-9-6-5-7-10-13/h5-7,9-10,12,14H,2-4,8,11H2,1H3,(H,20,21). The molecular weight excluding hydrogens is 266 g/mol. The molecule has 1 atom stereocenters. The van der Waals surface area contributed by atoms with Crippen LogP contribution in [0.4, 0.5) is 0 Å². The van der Waals surface area contributed by atoms with Crippen LogP contribution in [0.2, 0.25) is 0 Å².